The van der Waals surface area contributed by atoms with Gasteiger partial charge >= 0.3 is 0 Å². The molecule has 7 heteroatoms. The van der Waals surface area contributed by atoms with Gasteiger partial charge in [0.05, 0.1) is 23.1 Å². The van der Waals surface area contributed by atoms with E-state index in [1.165, 1.54) is 0 Å². The van der Waals surface area contributed by atoms with E-state index in [9.17, 15) is 4.79 Å². The van der Waals surface area contributed by atoms with E-state index in [2.05, 4.69) is 25.3 Å². The lowest BCUT2D eigenvalue weighted by Crippen LogP contribution is -2.45. The number of carbonyl (C=O) groups is 1. The second kappa shape index (κ2) is 7.80. The summed E-state index contributed by atoms with van der Waals surface area (Å²) in [4.78, 5) is 23.6. The second-order valence-electron chi connectivity index (χ2n) is 7.13. The van der Waals surface area contributed by atoms with Gasteiger partial charge in [0.15, 0.2) is 0 Å². The molecule has 0 unspecified atom stereocenters. The van der Waals surface area contributed by atoms with E-state index < -0.39 is 0 Å². The van der Waals surface area contributed by atoms with Gasteiger partial charge in [0.1, 0.15) is 0 Å². The Kier molecular flexibility index (Phi) is 5.06. The quantitative estimate of drug-likeness (QED) is 0.758. The number of nitrogens with zero attached hydrogens (tertiary/aromatic N) is 5. The fraction of sp³-hybridized carbons (Fsp3) is 0.333. The lowest BCUT2D eigenvalue weighted by molar-refractivity contribution is 0.0930. The third kappa shape index (κ3) is 3.60. The Labute approximate surface area is 164 Å². The summed E-state index contributed by atoms with van der Waals surface area (Å²) in [5.41, 5.74) is 3.59. The Balaban J connectivity index is 1.41. The molecule has 1 amide bonds. The molecule has 0 spiro atoms. The Morgan fingerprint density at radius 3 is 2.50 bits per heavy atom. The van der Waals surface area contributed by atoms with Crippen molar-refractivity contribution < 1.29 is 4.79 Å². The molecule has 1 saturated heterocycles. The van der Waals surface area contributed by atoms with Gasteiger partial charge in [-0.1, -0.05) is 18.2 Å². The molecule has 0 aliphatic carbocycles. The third-order valence-electron chi connectivity index (χ3n) is 5.26. The first-order chi connectivity index (χ1) is 13.6. The van der Waals surface area contributed by atoms with Crippen molar-refractivity contribution in [2.45, 2.75) is 32.7 Å². The number of hydrogen-bond acceptors (Lipinski definition) is 5. The number of aromatic nitrogens is 4. The molecule has 1 aromatic carbocycles. The Hall–Kier alpha value is -3.22. The molecular formula is C21H24N6O. The summed E-state index contributed by atoms with van der Waals surface area (Å²) in [6.45, 7) is 5.64. The first-order valence-electron chi connectivity index (χ1n) is 9.57. The highest BCUT2D eigenvalue weighted by molar-refractivity contribution is 5.95. The van der Waals surface area contributed by atoms with Crippen LogP contribution < -0.4 is 10.2 Å². The van der Waals surface area contributed by atoms with E-state index in [0.717, 1.165) is 48.8 Å². The molecule has 0 bridgehead atoms. The van der Waals surface area contributed by atoms with Crippen LogP contribution in [-0.4, -0.2) is 44.8 Å². The van der Waals surface area contributed by atoms with Gasteiger partial charge in [-0.15, -0.1) is 0 Å². The normalized spacial score (nSPS) is 14.9. The van der Waals surface area contributed by atoms with Crippen LogP contribution in [0.5, 0.6) is 0 Å². The van der Waals surface area contributed by atoms with E-state index in [1.54, 1.807) is 18.6 Å². The van der Waals surface area contributed by atoms with Crippen LogP contribution in [0.4, 0.5) is 5.95 Å². The topological polar surface area (TPSA) is 75.9 Å². The molecule has 0 atom stereocenters. The van der Waals surface area contributed by atoms with Crippen LogP contribution >= 0.6 is 0 Å². The van der Waals surface area contributed by atoms with Crippen LogP contribution in [0.25, 0.3) is 5.69 Å². The number of rotatable bonds is 4. The minimum absolute atomic E-state index is 0.0632. The number of nitrogens with one attached hydrogen (secondary N) is 1. The zero-order chi connectivity index (χ0) is 19.5. The number of hydrogen-bond donors (Lipinski definition) is 1. The van der Waals surface area contributed by atoms with E-state index in [1.807, 2.05) is 48.9 Å². The van der Waals surface area contributed by atoms with Crippen molar-refractivity contribution in [3.8, 4) is 5.69 Å². The number of aryl methyl sites for hydroxylation is 1. The van der Waals surface area contributed by atoms with Crippen LogP contribution in [0.2, 0.25) is 0 Å². The summed E-state index contributed by atoms with van der Waals surface area (Å²) < 4.78 is 1.83. The van der Waals surface area contributed by atoms with E-state index in [-0.39, 0.29) is 11.9 Å². The summed E-state index contributed by atoms with van der Waals surface area (Å²) in [6.07, 6.45) is 6.91. The predicted molar refractivity (Wildman–Crippen MR) is 108 cm³/mol. The van der Waals surface area contributed by atoms with Gasteiger partial charge in [0.2, 0.25) is 5.95 Å². The van der Waals surface area contributed by atoms with Crippen molar-refractivity contribution in [3.05, 3.63) is 65.7 Å². The molecule has 144 valence electrons. The maximum atomic E-state index is 12.8. The third-order valence-corrected chi connectivity index (χ3v) is 5.26. The number of piperidine rings is 1. The summed E-state index contributed by atoms with van der Waals surface area (Å²) in [5, 5.41) is 7.61. The van der Waals surface area contributed by atoms with Gasteiger partial charge in [-0.25, -0.2) is 14.6 Å². The van der Waals surface area contributed by atoms with Crippen molar-refractivity contribution in [2.24, 2.45) is 0 Å². The maximum Gasteiger partial charge on any atom is 0.254 e. The summed E-state index contributed by atoms with van der Waals surface area (Å²) in [5.74, 6) is 0.689. The first kappa shape index (κ1) is 18.2. The summed E-state index contributed by atoms with van der Waals surface area (Å²) >= 11 is 0. The van der Waals surface area contributed by atoms with Crippen molar-refractivity contribution in [3.63, 3.8) is 0 Å². The average molecular weight is 376 g/mol. The largest absolute Gasteiger partial charge is 0.349 e. The number of carbonyl (C=O) groups excluding carboxylic acids is 1. The average Bonchev–Trinajstić information content (AvgIpc) is 3.11. The standard InChI is InChI=1S/C21H24N6O/c1-15-6-3-4-7-19(15)27-16(2)18(14-24-27)20(28)25-17-8-12-26(13-9-17)21-22-10-5-11-23-21/h3-7,10-11,14,17H,8-9,12-13H2,1-2H3,(H,25,28). The minimum Gasteiger partial charge on any atom is -0.349 e. The number of benzene rings is 1. The van der Waals surface area contributed by atoms with Crippen LogP contribution in [-0.2, 0) is 0 Å². The van der Waals surface area contributed by atoms with Gasteiger partial charge in [-0.05, 0) is 44.4 Å². The molecule has 28 heavy (non-hydrogen) atoms. The fourth-order valence-electron chi connectivity index (χ4n) is 3.62. The molecule has 7 nitrogen and oxygen atoms in total. The van der Waals surface area contributed by atoms with Crippen molar-refractivity contribution in [1.29, 1.82) is 0 Å². The predicted octanol–water partition coefficient (Wildman–Crippen LogP) is 2.68. The van der Waals surface area contributed by atoms with Gasteiger partial charge in [-0.2, -0.15) is 5.10 Å². The van der Waals surface area contributed by atoms with Gasteiger partial charge in [0.25, 0.3) is 5.91 Å². The number of anilines is 1. The molecule has 1 aliphatic rings. The monoisotopic (exact) mass is 376 g/mol. The highest BCUT2D eigenvalue weighted by Crippen LogP contribution is 2.19. The molecule has 1 N–H and O–H groups in total. The Bertz CT molecular complexity index is 960. The van der Waals surface area contributed by atoms with E-state index >= 15 is 0 Å². The number of amides is 1. The van der Waals surface area contributed by atoms with Crippen LogP contribution in [0, 0.1) is 13.8 Å². The smallest absolute Gasteiger partial charge is 0.254 e. The molecule has 0 radical (unpaired) electrons. The lowest BCUT2D eigenvalue weighted by atomic mass is 10.0. The molecule has 3 heterocycles. The van der Waals surface area contributed by atoms with Gasteiger partial charge in [0, 0.05) is 31.5 Å². The zero-order valence-corrected chi connectivity index (χ0v) is 16.2. The SMILES string of the molecule is Cc1ccccc1-n1ncc(C(=O)NC2CCN(c3ncccn3)CC2)c1C. The van der Waals surface area contributed by atoms with Crippen LogP contribution in [0.1, 0.15) is 34.5 Å². The molecule has 1 fully saturated rings. The summed E-state index contributed by atoms with van der Waals surface area (Å²) in [7, 11) is 0. The van der Waals surface area contributed by atoms with E-state index in [4.69, 9.17) is 0 Å². The molecule has 0 saturated carbocycles. The lowest BCUT2D eigenvalue weighted by Gasteiger charge is -2.32. The first-order valence-corrected chi connectivity index (χ1v) is 9.57. The highest BCUT2D eigenvalue weighted by Gasteiger charge is 2.24. The van der Waals surface area contributed by atoms with Crippen LogP contribution in [0.15, 0.2) is 48.9 Å². The minimum atomic E-state index is -0.0632. The maximum absolute atomic E-state index is 12.8. The van der Waals surface area contributed by atoms with Gasteiger partial charge in [-0.3, -0.25) is 4.79 Å². The highest BCUT2D eigenvalue weighted by atomic mass is 16.1. The van der Waals surface area contributed by atoms with Crippen molar-refractivity contribution in [2.75, 3.05) is 18.0 Å². The van der Waals surface area contributed by atoms with Gasteiger partial charge < -0.3 is 10.2 Å². The number of para-hydroxylation sites is 1. The second-order valence-corrected chi connectivity index (χ2v) is 7.13. The molecule has 3 aromatic rings. The molecule has 2 aromatic heterocycles. The summed E-state index contributed by atoms with van der Waals surface area (Å²) in [6, 6.07) is 9.99. The van der Waals surface area contributed by atoms with Crippen molar-refractivity contribution in [1.82, 2.24) is 25.1 Å². The van der Waals surface area contributed by atoms with Crippen LogP contribution in [0.3, 0.4) is 0 Å². The molecule has 4 rings (SSSR count). The van der Waals surface area contributed by atoms with E-state index in [0.29, 0.717) is 5.56 Å². The molecule has 1 aliphatic heterocycles. The molecular weight excluding hydrogens is 352 g/mol. The fourth-order valence-corrected chi connectivity index (χ4v) is 3.62. The van der Waals surface area contributed by atoms with Crippen molar-refractivity contribution >= 4 is 11.9 Å². The Morgan fingerprint density at radius 2 is 1.79 bits per heavy atom. The Morgan fingerprint density at radius 1 is 1.07 bits per heavy atom. The zero-order valence-electron chi connectivity index (χ0n) is 16.2.